The Morgan fingerprint density at radius 1 is 1.29 bits per heavy atom. The molecule has 2 aliphatic heterocycles. The molecule has 1 saturated heterocycles. The molecule has 1 aromatic carbocycles. The molecule has 0 bridgehead atoms. The number of nitrogens with one attached hydrogen (secondary N) is 1. The van der Waals surface area contributed by atoms with Crippen molar-refractivity contribution in [1.29, 1.82) is 5.26 Å². The number of methoxy groups -OCH3 is 1. The van der Waals surface area contributed by atoms with Crippen molar-refractivity contribution < 1.29 is 28.7 Å². The molecule has 1 fully saturated rings. The zero-order valence-corrected chi connectivity index (χ0v) is 18.3. The van der Waals surface area contributed by atoms with Crippen LogP contribution in [0.1, 0.15) is 33.3 Å². The Balaban J connectivity index is 1.96. The van der Waals surface area contributed by atoms with Gasteiger partial charge in [-0.15, -0.1) is 0 Å². The molecule has 1 aromatic rings. The number of aliphatic hydroxyl groups excluding tert-OH is 1. The lowest BCUT2D eigenvalue weighted by atomic mass is 9.78. The summed E-state index contributed by atoms with van der Waals surface area (Å²) >= 11 is 0. The van der Waals surface area contributed by atoms with E-state index in [-0.39, 0.29) is 31.0 Å². The van der Waals surface area contributed by atoms with Crippen molar-refractivity contribution in [2.24, 2.45) is 0 Å². The maximum absolute atomic E-state index is 12.8. The van der Waals surface area contributed by atoms with Crippen LogP contribution < -0.4 is 10.8 Å². The Bertz CT molecular complexity index is 966. The monoisotopic (exact) mass is 427 g/mol. The Labute approximate surface area is 181 Å². The zero-order valence-electron chi connectivity index (χ0n) is 18.3. The SMILES string of the molecule is COC(=O)C1=C(Nc2cc(C#N)cc(B3OC(C)(C)C(C)(C)O3)c2)C(=O)N(CCO)C1. The molecule has 2 aliphatic rings. The molecule has 9 nitrogen and oxygen atoms in total. The van der Waals surface area contributed by atoms with E-state index in [2.05, 4.69) is 11.4 Å². The lowest BCUT2D eigenvalue weighted by molar-refractivity contribution is -0.136. The van der Waals surface area contributed by atoms with Crippen molar-refractivity contribution in [1.82, 2.24) is 4.90 Å². The number of hydrogen-bond acceptors (Lipinski definition) is 8. The van der Waals surface area contributed by atoms with E-state index in [0.717, 1.165) is 0 Å². The Kier molecular flexibility index (Phi) is 6.14. The Hall–Kier alpha value is -2.87. The third-order valence-electron chi connectivity index (χ3n) is 5.83. The number of carbonyl (C=O) groups excluding carboxylic acids is 2. The molecule has 1 amide bonds. The lowest BCUT2D eigenvalue weighted by Crippen LogP contribution is -2.41. The number of anilines is 1. The largest absolute Gasteiger partial charge is 0.494 e. The minimum atomic E-state index is -0.696. The molecule has 31 heavy (non-hydrogen) atoms. The summed E-state index contributed by atoms with van der Waals surface area (Å²) in [5.41, 5.74) is 0.474. The van der Waals surface area contributed by atoms with Crippen molar-refractivity contribution in [3.8, 4) is 6.07 Å². The third kappa shape index (κ3) is 4.30. The third-order valence-corrected chi connectivity index (χ3v) is 5.83. The lowest BCUT2D eigenvalue weighted by Gasteiger charge is -2.32. The fourth-order valence-corrected chi connectivity index (χ4v) is 3.40. The minimum Gasteiger partial charge on any atom is -0.466 e. The predicted octanol–water partition coefficient (Wildman–Crippen LogP) is 0.531. The second-order valence-electron chi connectivity index (χ2n) is 8.46. The highest BCUT2D eigenvalue weighted by atomic mass is 16.7. The summed E-state index contributed by atoms with van der Waals surface area (Å²) < 4.78 is 16.9. The number of nitriles is 1. The van der Waals surface area contributed by atoms with Crippen molar-refractivity contribution >= 4 is 30.1 Å². The number of ether oxygens (including phenoxy) is 1. The van der Waals surface area contributed by atoms with Gasteiger partial charge in [0.25, 0.3) is 5.91 Å². The van der Waals surface area contributed by atoms with Gasteiger partial charge in [-0.3, -0.25) is 4.79 Å². The topological polar surface area (TPSA) is 121 Å². The van der Waals surface area contributed by atoms with Gasteiger partial charge in [0.2, 0.25) is 0 Å². The number of esters is 1. The van der Waals surface area contributed by atoms with E-state index in [1.54, 1.807) is 18.2 Å². The van der Waals surface area contributed by atoms with Gasteiger partial charge in [0.05, 0.1) is 48.7 Å². The van der Waals surface area contributed by atoms with Gasteiger partial charge in [-0.25, -0.2) is 4.79 Å². The number of aliphatic hydroxyl groups is 1. The summed E-state index contributed by atoms with van der Waals surface area (Å²) in [4.78, 5) is 26.3. The second-order valence-corrected chi connectivity index (χ2v) is 8.46. The molecule has 0 aromatic heterocycles. The minimum absolute atomic E-state index is 0.0242. The highest BCUT2D eigenvalue weighted by molar-refractivity contribution is 6.62. The fourth-order valence-electron chi connectivity index (χ4n) is 3.40. The van der Waals surface area contributed by atoms with Gasteiger partial charge in [-0.2, -0.15) is 5.26 Å². The highest BCUT2D eigenvalue weighted by Gasteiger charge is 2.51. The predicted molar refractivity (Wildman–Crippen MR) is 113 cm³/mol. The molecule has 2 N–H and O–H groups in total. The standard InChI is InChI=1S/C21H26BN3O6/c1-20(2)21(3,4)31-22(30-20)14-8-13(11-23)9-15(10-14)24-17-16(19(28)29-5)12-25(6-7-26)18(17)27/h8-10,24,26H,6-7,12H2,1-5H3. The fraction of sp³-hybridized carbons (Fsp3) is 0.476. The van der Waals surface area contributed by atoms with Gasteiger partial charge >= 0.3 is 13.1 Å². The maximum atomic E-state index is 12.8. The average molecular weight is 427 g/mol. The molecule has 0 unspecified atom stereocenters. The van der Waals surface area contributed by atoms with Crippen LogP contribution >= 0.6 is 0 Å². The van der Waals surface area contributed by atoms with Gasteiger partial charge in [0.1, 0.15) is 5.70 Å². The molecular formula is C21H26BN3O6. The number of rotatable bonds is 6. The quantitative estimate of drug-likeness (QED) is 0.498. The van der Waals surface area contributed by atoms with Gasteiger partial charge < -0.3 is 29.4 Å². The van der Waals surface area contributed by atoms with Gasteiger partial charge in [-0.05, 0) is 51.4 Å². The number of amides is 1. The molecular weight excluding hydrogens is 401 g/mol. The normalized spacial score (nSPS) is 19.6. The van der Waals surface area contributed by atoms with E-state index in [4.69, 9.17) is 14.0 Å². The molecule has 0 saturated carbocycles. The first-order chi connectivity index (χ1) is 14.5. The molecule has 2 heterocycles. The summed E-state index contributed by atoms with van der Waals surface area (Å²) in [6.07, 6.45) is 0. The molecule has 0 atom stereocenters. The van der Waals surface area contributed by atoms with E-state index in [0.29, 0.717) is 16.7 Å². The molecule has 10 heteroatoms. The second kappa shape index (κ2) is 8.34. The van der Waals surface area contributed by atoms with Gasteiger partial charge in [0.15, 0.2) is 0 Å². The van der Waals surface area contributed by atoms with Crippen LogP contribution in [0.15, 0.2) is 29.5 Å². The van der Waals surface area contributed by atoms with Crippen LogP contribution in [0.4, 0.5) is 5.69 Å². The molecule has 3 rings (SSSR count). The molecule has 0 spiro atoms. The number of hydrogen-bond donors (Lipinski definition) is 2. The van der Waals surface area contributed by atoms with Crippen LogP contribution in [0.25, 0.3) is 0 Å². The zero-order chi connectivity index (χ0) is 23.0. The van der Waals surface area contributed by atoms with E-state index < -0.39 is 30.2 Å². The van der Waals surface area contributed by atoms with E-state index in [1.807, 2.05) is 27.7 Å². The first kappa shape index (κ1) is 22.8. The van der Waals surface area contributed by atoms with Crippen LogP contribution in [0.5, 0.6) is 0 Å². The van der Waals surface area contributed by atoms with Crippen LogP contribution in [0.3, 0.4) is 0 Å². The summed E-state index contributed by atoms with van der Waals surface area (Å²) in [6, 6.07) is 7.04. The van der Waals surface area contributed by atoms with Crippen molar-refractivity contribution in [3.63, 3.8) is 0 Å². The number of nitrogens with zero attached hydrogens (tertiary/aromatic N) is 2. The summed E-state index contributed by atoms with van der Waals surface area (Å²) in [6.45, 7) is 7.60. The van der Waals surface area contributed by atoms with Crippen LogP contribution in [-0.2, 0) is 23.6 Å². The van der Waals surface area contributed by atoms with E-state index in [9.17, 15) is 20.0 Å². The van der Waals surface area contributed by atoms with E-state index in [1.165, 1.54) is 12.0 Å². The van der Waals surface area contributed by atoms with Crippen molar-refractivity contribution in [3.05, 3.63) is 35.0 Å². The van der Waals surface area contributed by atoms with Gasteiger partial charge in [0, 0.05) is 12.2 Å². The Morgan fingerprint density at radius 2 is 1.94 bits per heavy atom. The number of benzene rings is 1. The first-order valence-corrected chi connectivity index (χ1v) is 9.92. The summed E-state index contributed by atoms with van der Waals surface area (Å²) in [5.74, 6) is -1.08. The maximum Gasteiger partial charge on any atom is 0.494 e. The van der Waals surface area contributed by atoms with Crippen LogP contribution in [-0.4, -0.2) is 67.0 Å². The summed E-state index contributed by atoms with van der Waals surface area (Å²) in [7, 11) is 0.539. The van der Waals surface area contributed by atoms with Crippen LogP contribution in [0.2, 0.25) is 0 Å². The van der Waals surface area contributed by atoms with E-state index >= 15 is 0 Å². The molecule has 164 valence electrons. The summed E-state index contributed by atoms with van der Waals surface area (Å²) in [5, 5.41) is 21.7. The van der Waals surface area contributed by atoms with Crippen molar-refractivity contribution in [2.45, 2.75) is 38.9 Å². The highest BCUT2D eigenvalue weighted by Crippen LogP contribution is 2.36. The van der Waals surface area contributed by atoms with Gasteiger partial charge in [-0.1, -0.05) is 0 Å². The number of carbonyl (C=O) groups is 2. The number of β-amino-alcohol motifs (C(OH)–C–C–N with tert-alkyl or cyclic N) is 1. The van der Waals surface area contributed by atoms with Crippen LogP contribution in [0, 0.1) is 11.3 Å². The first-order valence-electron chi connectivity index (χ1n) is 9.92. The average Bonchev–Trinajstić information content (AvgIpc) is 3.13. The molecule has 0 radical (unpaired) electrons. The smallest absolute Gasteiger partial charge is 0.466 e. The Morgan fingerprint density at radius 3 is 2.48 bits per heavy atom. The van der Waals surface area contributed by atoms with Crippen molar-refractivity contribution in [2.75, 3.05) is 32.1 Å². The molecule has 0 aliphatic carbocycles.